The van der Waals surface area contributed by atoms with Crippen molar-refractivity contribution < 1.29 is 9.53 Å². The van der Waals surface area contributed by atoms with Crippen molar-refractivity contribution in [1.82, 2.24) is 5.32 Å². The van der Waals surface area contributed by atoms with Gasteiger partial charge < -0.3 is 10.1 Å². The molecule has 0 fully saturated rings. The first-order valence-corrected chi connectivity index (χ1v) is 7.11. The van der Waals surface area contributed by atoms with E-state index in [1.54, 1.807) is 31.4 Å². The summed E-state index contributed by atoms with van der Waals surface area (Å²) >= 11 is 5.89. The van der Waals surface area contributed by atoms with E-state index >= 15 is 0 Å². The highest BCUT2D eigenvalue weighted by atomic mass is 35.5. The van der Waals surface area contributed by atoms with Gasteiger partial charge in [-0.1, -0.05) is 41.9 Å². The Morgan fingerprint density at radius 1 is 1.24 bits per heavy atom. The maximum atomic E-state index is 12.1. The van der Waals surface area contributed by atoms with Crippen molar-refractivity contribution in [3.05, 3.63) is 70.2 Å². The number of rotatable bonds is 5. The average molecular weight is 304 g/mol. The van der Waals surface area contributed by atoms with Crippen LogP contribution >= 0.6 is 11.6 Å². The van der Waals surface area contributed by atoms with Gasteiger partial charge >= 0.3 is 0 Å². The quantitative estimate of drug-likeness (QED) is 0.913. The predicted octanol–water partition coefficient (Wildman–Crippen LogP) is 3.77. The maximum Gasteiger partial charge on any atom is 0.251 e. The van der Waals surface area contributed by atoms with Crippen LogP contribution in [0, 0.1) is 6.92 Å². The third kappa shape index (κ3) is 4.06. The molecule has 0 aliphatic rings. The second-order valence-corrected chi connectivity index (χ2v) is 5.24. The number of benzene rings is 2. The van der Waals surface area contributed by atoms with Crippen LogP contribution in [0.5, 0.6) is 0 Å². The minimum absolute atomic E-state index is 0.159. The van der Waals surface area contributed by atoms with E-state index < -0.39 is 0 Å². The highest BCUT2D eigenvalue weighted by Crippen LogP contribution is 2.20. The van der Waals surface area contributed by atoms with Gasteiger partial charge in [-0.2, -0.15) is 0 Å². The van der Waals surface area contributed by atoms with E-state index in [1.807, 2.05) is 31.2 Å². The Labute approximate surface area is 129 Å². The lowest BCUT2D eigenvalue weighted by atomic mass is 10.0. The highest BCUT2D eigenvalue weighted by Gasteiger charge is 2.14. The molecule has 2 aromatic carbocycles. The van der Waals surface area contributed by atoms with Gasteiger partial charge in [0.25, 0.3) is 5.91 Å². The number of amides is 1. The van der Waals surface area contributed by atoms with E-state index in [2.05, 4.69) is 5.32 Å². The lowest BCUT2D eigenvalue weighted by Crippen LogP contribution is -2.29. The summed E-state index contributed by atoms with van der Waals surface area (Å²) in [5, 5.41) is 3.43. The summed E-state index contributed by atoms with van der Waals surface area (Å²) in [5.74, 6) is -0.159. The maximum absolute atomic E-state index is 12.1. The monoisotopic (exact) mass is 303 g/mol. The van der Waals surface area contributed by atoms with Crippen LogP contribution in [0.25, 0.3) is 0 Å². The molecule has 2 aromatic rings. The van der Waals surface area contributed by atoms with E-state index in [9.17, 15) is 4.79 Å². The molecule has 21 heavy (non-hydrogen) atoms. The minimum Gasteiger partial charge on any atom is -0.375 e. The fraction of sp³-hybridized carbons (Fsp3) is 0.235. The van der Waals surface area contributed by atoms with Crippen LogP contribution in [0.2, 0.25) is 5.02 Å². The van der Waals surface area contributed by atoms with Gasteiger partial charge in [-0.15, -0.1) is 0 Å². The van der Waals surface area contributed by atoms with Gasteiger partial charge in [0.15, 0.2) is 0 Å². The van der Waals surface area contributed by atoms with Crippen molar-refractivity contribution in [2.45, 2.75) is 13.0 Å². The van der Waals surface area contributed by atoms with Crippen molar-refractivity contribution >= 4 is 17.5 Å². The zero-order valence-corrected chi connectivity index (χ0v) is 12.9. The molecule has 0 aromatic heterocycles. The molecule has 3 nitrogen and oxygen atoms in total. The second kappa shape index (κ2) is 7.25. The minimum atomic E-state index is -0.172. The topological polar surface area (TPSA) is 38.3 Å². The first kappa shape index (κ1) is 15.5. The van der Waals surface area contributed by atoms with E-state index in [4.69, 9.17) is 16.3 Å². The molecule has 4 heteroatoms. The van der Waals surface area contributed by atoms with E-state index in [1.165, 1.54) is 0 Å². The van der Waals surface area contributed by atoms with Gasteiger partial charge in [-0.05, 0) is 36.2 Å². The molecule has 0 spiro atoms. The molecule has 1 N–H and O–H groups in total. The standard InChI is InChI=1S/C17H18ClNO2/c1-12-6-3-4-9-15(12)16(21-2)11-19-17(20)13-7-5-8-14(18)10-13/h3-10,16H,11H2,1-2H3,(H,19,20)/t16-/m0/s1. The van der Waals surface area contributed by atoms with Crippen LogP contribution in [-0.2, 0) is 4.74 Å². The Hall–Kier alpha value is -1.84. The van der Waals surface area contributed by atoms with E-state index in [-0.39, 0.29) is 12.0 Å². The third-order valence-corrected chi connectivity index (χ3v) is 3.59. The number of carbonyl (C=O) groups is 1. The van der Waals surface area contributed by atoms with Gasteiger partial charge in [0.1, 0.15) is 0 Å². The van der Waals surface area contributed by atoms with Crippen LogP contribution in [0.3, 0.4) is 0 Å². The zero-order chi connectivity index (χ0) is 15.2. The highest BCUT2D eigenvalue weighted by molar-refractivity contribution is 6.30. The number of methoxy groups -OCH3 is 1. The van der Waals surface area contributed by atoms with Crippen molar-refractivity contribution in [3.63, 3.8) is 0 Å². The lowest BCUT2D eigenvalue weighted by molar-refractivity contribution is 0.0826. The molecule has 1 atom stereocenters. The summed E-state index contributed by atoms with van der Waals surface area (Å²) in [6.45, 7) is 2.44. The van der Waals surface area contributed by atoms with Gasteiger partial charge in [0.05, 0.1) is 6.10 Å². The molecular weight excluding hydrogens is 286 g/mol. The molecule has 2 rings (SSSR count). The summed E-state index contributed by atoms with van der Waals surface area (Å²) in [6.07, 6.45) is -0.172. The Bertz CT molecular complexity index is 628. The van der Waals surface area contributed by atoms with Crippen LogP contribution in [0.1, 0.15) is 27.6 Å². The molecule has 1 amide bonds. The Morgan fingerprint density at radius 3 is 2.67 bits per heavy atom. The Morgan fingerprint density at radius 2 is 2.00 bits per heavy atom. The van der Waals surface area contributed by atoms with Gasteiger partial charge in [-0.25, -0.2) is 0 Å². The van der Waals surface area contributed by atoms with Crippen LogP contribution < -0.4 is 5.32 Å². The lowest BCUT2D eigenvalue weighted by Gasteiger charge is -2.18. The number of hydrogen-bond donors (Lipinski definition) is 1. The number of hydrogen-bond acceptors (Lipinski definition) is 2. The fourth-order valence-corrected chi connectivity index (χ4v) is 2.38. The SMILES string of the molecule is CO[C@@H](CNC(=O)c1cccc(Cl)c1)c1ccccc1C. The summed E-state index contributed by atoms with van der Waals surface area (Å²) in [5.41, 5.74) is 2.76. The zero-order valence-electron chi connectivity index (χ0n) is 12.1. The van der Waals surface area contributed by atoms with Crippen molar-refractivity contribution in [2.24, 2.45) is 0 Å². The first-order valence-electron chi connectivity index (χ1n) is 6.74. The fourth-order valence-electron chi connectivity index (χ4n) is 2.19. The van der Waals surface area contributed by atoms with Gasteiger partial charge in [-0.3, -0.25) is 4.79 Å². The number of carbonyl (C=O) groups excluding carboxylic acids is 1. The van der Waals surface area contributed by atoms with Crippen LogP contribution in [-0.4, -0.2) is 19.6 Å². The molecule has 0 heterocycles. The normalized spacial score (nSPS) is 12.0. The van der Waals surface area contributed by atoms with Gasteiger partial charge in [0.2, 0.25) is 0 Å². The van der Waals surface area contributed by atoms with Crippen molar-refractivity contribution in [1.29, 1.82) is 0 Å². The predicted molar refractivity (Wildman–Crippen MR) is 84.7 cm³/mol. The summed E-state index contributed by atoms with van der Waals surface area (Å²) < 4.78 is 5.49. The largest absolute Gasteiger partial charge is 0.375 e. The number of nitrogens with one attached hydrogen (secondary N) is 1. The van der Waals surface area contributed by atoms with E-state index in [0.717, 1.165) is 11.1 Å². The van der Waals surface area contributed by atoms with Crippen LogP contribution in [0.15, 0.2) is 48.5 Å². The molecule has 0 saturated heterocycles. The number of halogens is 1. The molecule has 0 radical (unpaired) electrons. The Balaban J connectivity index is 2.04. The molecule has 0 aliphatic heterocycles. The second-order valence-electron chi connectivity index (χ2n) is 4.80. The Kier molecular flexibility index (Phi) is 5.37. The number of ether oxygens (including phenoxy) is 1. The van der Waals surface area contributed by atoms with Gasteiger partial charge in [0, 0.05) is 24.2 Å². The van der Waals surface area contributed by atoms with Crippen molar-refractivity contribution in [3.8, 4) is 0 Å². The third-order valence-electron chi connectivity index (χ3n) is 3.35. The summed E-state index contributed by atoms with van der Waals surface area (Å²) in [7, 11) is 1.64. The molecule has 0 aliphatic carbocycles. The molecule has 0 saturated carbocycles. The smallest absolute Gasteiger partial charge is 0.251 e. The molecule has 0 unspecified atom stereocenters. The molecule has 110 valence electrons. The summed E-state index contributed by atoms with van der Waals surface area (Å²) in [4.78, 5) is 12.1. The molecule has 0 bridgehead atoms. The summed E-state index contributed by atoms with van der Waals surface area (Å²) in [6, 6.07) is 14.9. The van der Waals surface area contributed by atoms with Crippen molar-refractivity contribution in [2.75, 3.05) is 13.7 Å². The molecular formula is C17H18ClNO2. The average Bonchev–Trinajstić information content (AvgIpc) is 2.49. The van der Waals surface area contributed by atoms with E-state index in [0.29, 0.717) is 17.1 Å². The van der Waals surface area contributed by atoms with Crippen LogP contribution in [0.4, 0.5) is 0 Å². The first-order chi connectivity index (χ1) is 10.1. The number of aryl methyl sites for hydroxylation is 1.